The van der Waals surface area contributed by atoms with Gasteiger partial charge in [-0.05, 0) is 32.7 Å². The molecule has 1 unspecified atom stereocenters. The van der Waals surface area contributed by atoms with Crippen LogP contribution in [0.2, 0.25) is 0 Å². The maximum atomic E-state index is 11.8. The van der Waals surface area contributed by atoms with Crippen molar-refractivity contribution in [3.8, 4) is 0 Å². The van der Waals surface area contributed by atoms with E-state index in [1.165, 1.54) is 24.9 Å². The average Bonchev–Trinajstić information content (AvgIpc) is 2.92. The molecule has 2 saturated heterocycles. The van der Waals surface area contributed by atoms with E-state index in [1.807, 2.05) is 11.8 Å². The molecule has 24 heavy (non-hydrogen) atoms. The predicted molar refractivity (Wildman–Crippen MR) is 93.2 cm³/mol. The standard InChI is InChI=1S/C18H27N5O/c1-13-19-17-6-9-21(14(2)24)8-5-16(17)18(20-13)23-11-10-22-7-3-4-15(22)12-23/h15H,3-12H2,1-2H3. The molecule has 1 aromatic rings. The number of aromatic nitrogens is 2. The first kappa shape index (κ1) is 15.8. The molecule has 0 N–H and O–H groups in total. The van der Waals surface area contributed by atoms with Gasteiger partial charge in [-0.25, -0.2) is 9.97 Å². The van der Waals surface area contributed by atoms with E-state index in [2.05, 4.69) is 9.80 Å². The monoisotopic (exact) mass is 329 g/mol. The van der Waals surface area contributed by atoms with Gasteiger partial charge in [0.15, 0.2) is 0 Å². The average molecular weight is 329 g/mol. The molecule has 3 aliphatic heterocycles. The Morgan fingerprint density at radius 1 is 1.08 bits per heavy atom. The van der Waals surface area contributed by atoms with Crippen molar-refractivity contribution in [1.82, 2.24) is 19.8 Å². The largest absolute Gasteiger partial charge is 0.353 e. The van der Waals surface area contributed by atoms with Crippen LogP contribution >= 0.6 is 0 Å². The van der Waals surface area contributed by atoms with Crippen LogP contribution in [0.5, 0.6) is 0 Å². The van der Waals surface area contributed by atoms with Crippen molar-refractivity contribution in [2.75, 3.05) is 44.2 Å². The van der Waals surface area contributed by atoms with Crippen LogP contribution in [0.4, 0.5) is 5.82 Å². The summed E-state index contributed by atoms with van der Waals surface area (Å²) in [6.07, 6.45) is 4.35. The molecule has 0 spiro atoms. The third kappa shape index (κ3) is 2.88. The number of hydrogen-bond acceptors (Lipinski definition) is 5. The number of carbonyl (C=O) groups is 1. The fourth-order valence-electron chi connectivity index (χ4n) is 4.46. The van der Waals surface area contributed by atoms with E-state index in [0.717, 1.165) is 62.9 Å². The number of amides is 1. The van der Waals surface area contributed by atoms with Gasteiger partial charge in [-0.1, -0.05) is 0 Å². The number of piperazine rings is 1. The third-order valence-electron chi connectivity index (χ3n) is 5.77. The minimum Gasteiger partial charge on any atom is -0.353 e. The first-order chi connectivity index (χ1) is 11.6. The number of fused-ring (bicyclic) bond motifs is 2. The molecule has 1 atom stereocenters. The highest BCUT2D eigenvalue weighted by Crippen LogP contribution is 2.29. The van der Waals surface area contributed by atoms with Crippen molar-refractivity contribution in [2.24, 2.45) is 0 Å². The number of aryl methyl sites for hydroxylation is 1. The van der Waals surface area contributed by atoms with Gasteiger partial charge in [0.05, 0.1) is 5.69 Å². The van der Waals surface area contributed by atoms with Crippen LogP contribution < -0.4 is 4.90 Å². The lowest BCUT2D eigenvalue weighted by atomic mass is 10.1. The normalized spacial score (nSPS) is 24.5. The van der Waals surface area contributed by atoms with Crippen LogP contribution in [-0.2, 0) is 17.6 Å². The molecule has 0 aliphatic carbocycles. The van der Waals surface area contributed by atoms with Gasteiger partial charge in [0.1, 0.15) is 11.6 Å². The van der Waals surface area contributed by atoms with Gasteiger partial charge >= 0.3 is 0 Å². The van der Waals surface area contributed by atoms with Crippen LogP contribution in [-0.4, -0.2) is 71.0 Å². The second-order valence-corrected chi connectivity index (χ2v) is 7.30. The van der Waals surface area contributed by atoms with E-state index in [4.69, 9.17) is 9.97 Å². The molecule has 0 aromatic carbocycles. The highest BCUT2D eigenvalue weighted by atomic mass is 16.2. The highest BCUT2D eigenvalue weighted by Gasteiger charge is 2.33. The first-order valence-corrected chi connectivity index (χ1v) is 9.22. The Balaban J connectivity index is 1.62. The summed E-state index contributed by atoms with van der Waals surface area (Å²) < 4.78 is 0. The topological polar surface area (TPSA) is 52.6 Å². The van der Waals surface area contributed by atoms with Gasteiger partial charge in [0.25, 0.3) is 0 Å². The van der Waals surface area contributed by atoms with Gasteiger partial charge in [-0.15, -0.1) is 0 Å². The molecule has 6 heteroatoms. The van der Waals surface area contributed by atoms with Crippen molar-refractivity contribution in [3.05, 3.63) is 17.1 Å². The van der Waals surface area contributed by atoms with E-state index in [-0.39, 0.29) is 5.91 Å². The Morgan fingerprint density at radius 2 is 1.92 bits per heavy atom. The fourth-order valence-corrected chi connectivity index (χ4v) is 4.46. The Morgan fingerprint density at radius 3 is 2.75 bits per heavy atom. The van der Waals surface area contributed by atoms with Gasteiger partial charge in [-0.3, -0.25) is 9.69 Å². The fraction of sp³-hybridized carbons (Fsp3) is 0.722. The van der Waals surface area contributed by atoms with Gasteiger partial charge in [-0.2, -0.15) is 0 Å². The van der Waals surface area contributed by atoms with Crippen LogP contribution in [0.25, 0.3) is 0 Å². The molecule has 0 radical (unpaired) electrons. The van der Waals surface area contributed by atoms with E-state index in [0.29, 0.717) is 6.04 Å². The molecule has 1 aromatic heterocycles. The van der Waals surface area contributed by atoms with Gasteiger partial charge < -0.3 is 9.80 Å². The van der Waals surface area contributed by atoms with Crippen molar-refractivity contribution < 1.29 is 4.79 Å². The molecule has 4 rings (SSSR count). The summed E-state index contributed by atoms with van der Waals surface area (Å²) >= 11 is 0. The lowest BCUT2D eigenvalue weighted by molar-refractivity contribution is -0.128. The number of anilines is 1. The van der Waals surface area contributed by atoms with E-state index in [1.54, 1.807) is 6.92 Å². The summed E-state index contributed by atoms with van der Waals surface area (Å²) in [5.41, 5.74) is 2.42. The van der Waals surface area contributed by atoms with Crippen LogP contribution in [0, 0.1) is 6.92 Å². The van der Waals surface area contributed by atoms with Crippen molar-refractivity contribution in [3.63, 3.8) is 0 Å². The molecule has 6 nitrogen and oxygen atoms in total. The SMILES string of the molecule is CC(=O)N1CCc2nc(C)nc(N3CCN4CCCC4C3)c2CC1. The minimum absolute atomic E-state index is 0.161. The first-order valence-electron chi connectivity index (χ1n) is 9.22. The zero-order chi connectivity index (χ0) is 16.7. The Hall–Kier alpha value is -1.69. The lowest BCUT2D eigenvalue weighted by Crippen LogP contribution is -2.50. The molecular formula is C18H27N5O. The highest BCUT2D eigenvalue weighted by molar-refractivity contribution is 5.73. The van der Waals surface area contributed by atoms with Crippen LogP contribution in [0.15, 0.2) is 0 Å². The molecule has 130 valence electrons. The van der Waals surface area contributed by atoms with Crippen molar-refractivity contribution in [1.29, 1.82) is 0 Å². The molecule has 0 saturated carbocycles. The zero-order valence-electron chi connectivity index (χ0n) is 14.8. The second-order valence-electron chi connectivity index (χ2n) is 7.30. The van der Waals surface area contributed by atoms with E-state index in [9.17, 15) is 4.79 Å². The second kappa shape index (κ2) is 6.31. The summed E-state index contributed by atoms with van der Waals surface area (Å²) in [7, 11) is 0. The molecule has 2 fully saturated rings. The van der Waals surface area contributed by atoms with Crippen molar-refractivity contribution >= 4 is 11.7 Å². The minimum atomic E-state index is 0.161. The lowest BCUT2D eigenvalue weighted by Gasteiger charge is -2.39. The number of carbonyl (C=O) groups excluding carboxylic acids is 1. The van der Waals surface area contributed by atoms with Gasteiger partial charge in [0.2, 0.25) is 5.91 Å². The summed E-state index contributed by atoms with van der Waals surface area (Å²) in [5, 5.41) is 0. The number of nitrogens with zero attached hydrogens (tertiary/aromatic N) is 5. The molecule has 3 aliphatic rings. The van der Waals surface area contributed by atoms with Crippen LogP contribution in [0.3, 0.4) is 0 Å². The molecule has 0 bridgehead atoms. The maximum absolute atomic E-state index is 11.8. The summed E-state index contributed by atoms with van der Waals surface area (Å²) in [4.78, 5) is 28.3. The van der Waals surface area contributed by atoms with Gasteiger partial charge in [0, 0.05) is 57.7 Å². The summed E-state index contributed by atoms with van der Waals surface area (Å²) in [6.45, 7) is 9.74. The Bertz CT molecular complexity index is 647. The molecule has 1 amide bonds. The van der Waals surface area contributed by atoms with E-state index < -0.39 is 0 Å². The van der Waals surface area contributed by atoms with Crippen molar-refractivity contribution in [2.45, 2.75) is 45.6 Å². The summed E-state index contributed by atoms with van der Waals surface area (Å²) in [6, 6.07) is 0.684. The quantitative estimate of drug-likeness (QED) is 0.770. The predicted octanol–water partition coefficient (Wildman–Crippen LogP) is 1.02. The van der Waals surface area contributed by atoms with Crippen LogP contribution in [0.1, 0.15) is 36.8 Å². The third-order valence-corrected chi connectivity index (χ3v) is 5.77. The molecular weight excluding hydrogens is 302 g/mol. The number of hydrogen-bond donors (Lipinski definition) is 0. The van der Waals surface area contributed by atoms with E-state index >= 15 is 0 Å². The molecule has 4 heterocycles. The Kier molecular flexibility index (Phi) is 4.16. The zero-order valence-corrected chi connectivity index (χ0v) is 14.8. The summed E-state index contributed by atoms with van der Waals surface area (Å²) in [5.74, 6) is 2.15. The Labute approximate surface area is 143 Å². The maximum Gasteiger partial charge on any atom is 0.219 e. The number of rotatable bonds is 1. The smallest absolute Gasteiger partial charge is 0.219 e.